The minimum Gasteiger partial charge on any atom is -0.497 e. The highest BCUT2D eigenvalue weighted by Gasteiger charge is 2.23. The number of carbonyl (C=O) groups is 1. The number of amides is 1. The SMILES string of the molecule is C=CCN(Cc1ccc(C(=O)NCCOC)cc1)S(=O)(=O)c1ccc(OC)cc1. The summed E-state index contributed by atoms with van der Waals surface area (Å²) in [7, 11) is -0.626. The van der Waals surface area contributed by atoms with Crippen LogP contribution in [0.4, 0.5) is 0 Å². The van der Waals surface area contributed by atoms with Crippen molar-refractivity contribution in [3.63, 3.8) is 0 Å². The monoisotopic (exact) mass is 418 g/mol. The van der Waals surface area contributed by atoms with Gasteiger partial charge in [0.15, 0.2) is 0 Å². The summed E-state index contributed by atoms with van der Waals surface area (Å²) in [5.41, 5.74) is 1.26. The van der Waals surface area contributed by atoms with Gasteiger partial charge in [-0.3, -0.25) is 4.79 Å². The van der Waals surface area contributed by atoms with E-state index in [9.17, 15) is 13.2 Å². The summed E-state index contributed by atoms with van der Waals surface area (Å²) < 4.78 is 37.3. The summed E-state index contributed by atoms with van der Waals surface area (Å²) in [6, 6.07) is 13.1. The third kappa shape index (κ3) is 6.15. The van der Waals surface area contributed by atoms with Gasteiger partial charge < -0.3 is 14.8 Å². The van der Waals surface area contributed by atoms with Gasteiger partial charge in [-0.15, -0.1) is 6.58 Å². The molecule has 1 N–H and O–H groups in total. The molecule has 2 aromatic rings. The van der Waals surface area contributed by atoms with Crippen LogP contribution in [0.2, 0.25) is 0 Å². The van der Waals surface area contributed by atoms with Gasteiger partial charge in [0.05, 0.1) is 18.6 Å². The highest BCUT2D eigenvalue weighted by molar-refractivity contribution is 7.89. The van der Waals surface area contributed by atoms with E-state index in [0.717, 1.165) is 5.56 Å². The first kappa shape index (κ1) is 22.6. The lowest BCUT2D eigenvalue weighted by Crippen LogP contribution is -2.31. The van der Waals surface area contributed by atoms with Gasteiger partial charge in [-0.25, -0.2) is 8.42 Å². The van der Waals surface area contributed by atoms with Crippen LogP contribution in [0.5, 0.6) is 5.75 Å². The highest BCUT2D eigenvalue weighted by Crippen LogP contribution is 2.21. The fraction of sp³-hybridized carbons (Fsp3) is 0.286. The van der Waals surface area contributed by atoms with Crippen LogP contribution < -0.4 is 10.1 Å². The molecule has 29 heavy (non-hydrogen) atoms. The number of nitrogens with one attached hydrogen (secondary N) is 1. The maximum atomic E-state index is 13.0. The quantitative estimate of drug-likeness (QED) is 0.448. The van der Waals surface area contributed by atoms with Crippen LogP contribution in [-0.4, -0.2) is 52.5 Å². The molecule has 0 aromatic heterocycles. The number of methoxy groups -OCH3 is 2. The molecule has 0 radical (unpaired) electrons. The van der Waals surface area contributed by atoms with Crippen LogP contribution in [0.3, 0.4) is 0 Å². The first-order valence-electron chi connectivity index (χ1n) is 9.03. The second-order valence-corrected chi connectivity index (χ2v) is 8.15. The van der Waals surface area contributed by atoms with E-state index in [2.05, 4.69) is 11.9 Å². The number of carbonyl (C=O) groups excluding carboxylic acids is 1. The van der Waals surface area contributed by atoms with Crippen molar-refractivity contribution in [3.8, 4) is 5.75 Å². The maximum absolute atomic E-state index is 13.0. The number of hydrogen-bond donors (Lipinski definition) is 1. The summed E-state index contributed by atoms with van der Waals surface area (Å²) >= 11 is 0. The molecule has 156 valence electrons. The van der Waals surface area contributed by atoms with Crippen LogP contribution in [0.1, 0.15) is 15.9 Å². The third-order valence-electron chi connectivity index (χ3n) is 4.20. The van der Waals surface area contributed by atoms with E-state index in [0.29, 0.717) is 24.5 Å². The highest BCUT2D eigenvalue weighted by atomic mass is 32.2. The molecule has 0 aliphatic carbocycles. The minimum absolute atomic E-state index is 0.159. The molecule has 0 aliphatic rings. The Morgan fingerprint density at radius 1 is 1.10 bits per heavy atom. The molecule has 2 aromatic carbocycles. The van der Waals surface area contributed by atoms with Gasteiger partial charge in [0.1, 0.15) is 5.75 Å². The topological polar surface area (TPSA) is 84.9 Å². The predicted molar refractivity (Wildman–Crippen MR) is 111 cm³/mol. The van der Waals surface area contributed by atoms with Crippen LogP contribution in [0.15, 0.2) is 66.1 Å². The zero-order valence-corrected chi connectivity index (χ0v) is 17.4. The average Bonchev–Trinajstić information content (AvgIpc) is 2.74. The smallest absolute Gasteiger partial charge is 0.251 e. The lowest BCUT2D eigenvalue weighted by atomic mass is 10.1. The van der Waals surface area contributed by atoms with Crippen molar-refractivity contribution in [1.82, 2.24) is 9.62 Å². The number of ether oxygens (including phenoxy) is 2. The second kappa shape index (κ2) is 10.8. The summed E-state index contributed by atoms with van der Waals surface area (Å²) in [6.07, 6.45) is 1.54. The van der Waals surface area contributed by atoms with Crippen LogP contribution >= 0.6 is 0 Å². The molecule has 0 heterocycles. The summed E-state index contributed by atoms with van der Waals surface area (Å²) in [4.78, 5) is 12.2. The van der Waals surface area contributed by atoms with Crippen LogP contribution in [0, 0.1) is 0 Å². The van der Waals surface area contributed by atoms with E-state index in [1.807, 2.05) is 0 Å². The number of benzene rings is 2. The Morgan fingerprint density at radius 3 is 2.31 bits per heavy atom. The van der Waals surface area contributed by atoms with Gasteiger partial charge in [-0.2, -0.15) is 4.31 Å². The molecule has 0 bridgehead atoms. The molecule has 0 unspecified atom stereocenters. The van der Waals surface area contributed by atoms with Gasteiger partial charge in [0.25, 0.3) is 5.91 Å². The molecule has 2 rings (SSSR count). The number of rotatable bonds is 11. The molecule has 0 spiro atoms. The Morgan fingerprint density at radius 2 is 1.76 bits per heavy atom. The number of hydrogen-bond acceptors (Lipinski definition) is 5. The predicted octanol–water partition coefficient (Wildman–Crippen LogP) is 2.45. The molecular formula is C21H26N2O5S. The maximum Gasteiger partial charge on any atom is 0.251 e. The van der Waals surface area contributed by atoms with Gasteiger partial charge in [-0.05, 0) is 42.0 Å². The lowest BCUT2D eigenvalue weighted by Gasteiger charge is -2.21. The molecule has 0 atom stereocenters. The Kier molecular flexibility index (Phi) is 8.38. The molecule has 1 amide bonds. The second-order valence-electron chi connectivity index (χ2n) is 6.21. The Bertz CT molecular complexity index is 909. The van der Waals surface area contributed by atoms with Crippen LogP contribution in [-0.2, 0) is 21.3 Å². The molecule has 0 saturated heterocycles. The zero-order valence-electron chi connectivity index (χ0n) is 16.6. The van der Waals surface area contributed by atoms with Crippen molar-refractivity contribution in [1.29, 1.82) is 0 Å². The first-order chi connectivity index (χ1) is 13.9. The standard InChI is InChI=1S/C21H26N2O5S/c1-4-14-23(29(25,26)20-11-9-19(28-3)10-12-20)16-17-5-7-18(8-6-17)21(24)22-13-15-27-2/h4-12H,1,13-16H2,2-3H3,(H,22,24). The summed E-state index contributed by atoms with van der Waals surface area (Å²) in [5, 5.41) is 2.74. The summed E-state index contributed by atoms with van der Waals surface area (Å²) in [5.74, 6) is 0.376. The molecule has 0 aliphatic heterocycles. The minimum atomic E-state index is -3.71. The van der Waals surface area contributed by atoms with E-state index in [1.165, 1.54) is 23.5 Å². The summed E-state index contributed by atoms with van der Waals surface area (Å²) in [6.45, 7) is 4.83. The number of nitrogens with zero attached hydrogens (tertiary/aromatic N) is 1. The van der Waals surface area contributed by atoms with E-state index >= 15 is 0 Å². The van der Waals surface area contributed by atoms with Gasteiger partial charge in [0, 0.05) is 32.3 Å². The fourth-order valence-electron chi connectivity index (χ4n) is 2.62. The van der Waals surface area contributed by atoms with Gasteiger partial charge in [-0.1, -0.05) is 18.2 Å². The van der Waals surface area contributed by atoms with Crippen molar-refractivity contribution in [2.45, 2.75) is 11.4 Å². The van der Waals surface area contributed by atoms with E-state index in [-0.39, 0.29) is 23.9 Å². The Hall–Kier alpha value is -2.68. The zero-order chi connectivity index (χ0) is 21.3. The molecular weight excluding hydrogens is 392 g/mol. The van der Waals surface area contributed by atoms with Crippen molar-refractivity contribution in [3.05, 3.63) is 72.3 Å². The van der Waals surface area contributed by atoms with Gasteiger partial charge in [0.2, 0.25) is 10.0 Å². The molecule has 7 nitrogen and oxygen atoms in total. The molecule has 8 heteroatoms. The van der Waals surface area contributed by atoms with Crippen LogP contribution in [0.25, 0.3) is 0 Å². The van der Waals surface area contributed by atoms with Gasteiger partial charge >= 0.3 is 0 Å². The average molecular weight is 419 g/mol. The van der Waals surface area contributed by atoms with E-state index in [1.54, 1.807) is 49.6 Å². The van der Waals surface area contributed by atoms with Crippen molar-refractivity contribution >= 4 is 15.9 Å². The fourth-order valence-corrected chi connectivity index (χ4v) is 4.02. The van der Waals surface area contributed by atoms with Crippen molar-refractivity contribution < 1.29 is 22.7 Å². The molecule has 0 fully saturated rings. The normalized spacial score (nSPS) is 11.3. The largest absolute Gasteiger partial charge is 0.497 e. The molecule has 0 saturated carbocycles. The van der Waals surface area contributed by atoms with Crippen molar-refractivity contribution in [2.75, 3.05) is 33.9 Å². The Balaban J connectivity index is 2.15. The lowest BCUT2D eigenvalue weighted by molar-refractivity contribution is 0.0937. The first-order valence-corrected chi connectivity index (χ1v) is 10.5. The number of sulfonamides is 1. The van der Waals surface area contributed by atoms with E-state index < -0.39 is 10.0 Å². The Labute approximate surface area is 172 Å². The third-order valence-corrected chi connectivity index (χ3v) is 6.02. The van der Waals surface area contributed by atoms with Crippen molar-refractivity contribution in [2.24, 2.45) is 0 Å². The van der Waals surface area contributed by atoms with E-state index in [4.69, 9.17) is 9.47 Å².